The van der Waals surface area contributed by atoms with Gasteiger partial charge in [-0.3, -0.25) is 0 Å². The molecule has 0 unspecified atom stereocenters. The van der Waals surface area contributed by atoms with E-state index in [2.05, 4.69) is 121 Å². The largest absolute Gasteiger partial charge is 0.456 e. The molecule has 52 heavy (non-hydrogen) atoms. The lowest BCUT2D eigenvalue weighted by Crippen LogP contribution is -2.01. The van der Waals surface area contributed by atoms with E-state index in [9.17, 15) is 0 Å². The summed E-state index contributed by atoms with van der Waals surface area (Å²) < 4.78 is 9.19. The molecule has 11 aromatic rings. The fourth-order valence-corrected chi connectivity index (χ4v) is 8.96. The topological polar surface area (TPSA) is 51.8 Å². The number of hydrogen-bond donors (Lipinski definition) is 0. The second kappa shape index (κ2) is 11.4. The first kappa shape index (κ1) is 29.1. The van der Waals surface area contributed by atoms with E-state index in [4.69, 9.17) is 19.4 Å². The Kier molecular flexibility index (Phi) is 6.39. The van der Waals surface area contributed by atoms with Crippen molar-refractivity contribution in [2.45, 2.75) is 0 Å². The third kappa shape index (κ3) is 4.50. The van der Waals surface area contributed by atoms with E-state index < -0.39 is 0 Å². The minimum atomic E-state index is 0.605. The minimum Gasteiger partial charge on any atom is -0.456 e. The molecule has 0 aliphatic heterocycles. The summed E-state index contributed by atoms with van der Waals surface area (Å²) in [6.07, 6.45) is 0. The highest BCUT2D eigenvalue weighted by molar-refractivity contribution is 7.26. The van der Waals surface area contributed by atoms with E-state index in [0.717, 1.165) is 55.0 Å². The van der Waals surface area contributed by atoms with Crippen molar-refractivity contribution < 1.29 is 4.42 Å². The molecule has 0 saturated heterocycles. The Morgan fingerprint density at radius 1 is 0.385 bits per heavy atom. The average Bonchev–Trinajstić information content (AvgIpc) is 3.79. The summed E-state index contributed by atoms with van der Waals surface area (Å²) in [5.41, 5.74) is 6.77. The molecule has 0 saturated carbocycles. The lowest BCUT2D eigenvalue weighted by molar-refractivity contribution is 0.669. The lowest BCUT2D eigenvalue weighted by atomic mass is 9.96. The fraction of sp³-hybridized carbons (Fsp3) is 0. The molecule has 11 rings (SSSR count). The van der Waals surface area contributed by atoms with Gasteiger partial charge in [-0.05, 0) is 63.0 Å². The number of hydrogen-bond acceptors (Lipinski definition) is 5. The zero-order valence-corrected chi connectivity index (χ0v) is 28.6. The maximum atomic E-state index is 6.62. The highest BCUT2D eigenvalue weighted by Crippen LogP contribution is 2.43. The molecule has 3 aromatic heterocycles. The van der Waals surface area contributed by atoms with Crippen molar-refractivity contribution in [3.8, 4) is 45.3 Å². The molecule has 5 heteroatoms. The van der Waals surface area contributed by atoms with E-state index in [1.54, 1.807) is 0 Å². The molecule has 8 aromatic carbocycles. The summed E-state index contributed by atoms with van der Waals surface area (Å²) in [5.74, 6) is 1.86. The summed E-state index contributed by atoms with van der Waals surface area (Å²) in [6, 6.07) is 57.3. The van der Waals surface area contributed by atoms with Crippen molar-refractivity contribution in [2.24, 2.45) is 0 Å². The van der Waals surface area contributed by atoms with Gasteiger partial charge in [0.15, 0.2) is 17.5 Å². The van der Waals surface area contributed by atoms with Crippen LogP contribution in [0, 0.1) is 0 Å². The molecule has 3 heterocycles. The van der Waals surface area contributed by atoms with Gasteiger partial charge in [0.05, 0.1) is 0 Å². The van der Waals surface area contributed by atoms with E-state index in [1.165, 1.54) is 36.5 Å². The summed E-state index contributed by atoms with van der Waals surface area (Å²) in [6.45, 7) is 0. The predicted octanol–water partition coefficient (Wildman–Crippen LogP) is 13.1. The Balaban J connectivity index is 1.13. The predicted molar refractivity (Wildman–Crippen MR) is 217 cm³/mol. The molecule has 0 fully saturated rings. The van der Waals surface area contributed by atoms with Gasteiger partial charge in [-0.2, -0.15) is 0 Å². The van der Waals surface area contributed by atoms with Gasteiger partial charge in [-0.25, -0.2) is 15.0 Å². The number of furan rings is 1. The molecule has 0 atom stereocenters. The first-order valence-electron chi connectivity index (χ1n) is 17.4. The number of rotatable bonds is 4. The van der Waals surface area contributed by atoms with E-state index >= 15 is 0 Å². The smallest absolute Gasteiger partial charge is 0.164 e. The van der Waals surface area contributed by atoms with Gasteiger partial charge >= 0.3 is 0 Å². The Morgan fingerprint density at radius 2 is 1.06 bits per heavy atom. The fourth-order valence-electron chi connectivity index (χ4n) is 7.73. The molecule has 0 N–H and O–H groups in total. The molecule has 0 radical (unpaired) electrons. The van der Waals surface area contributed by atoms with Crippen LogP contribution in [0.1, 0.15) is 0 Å². The lowest BCUT2D eigenvalue weighted by Gasteiger charge is -2.12. The second-order valence-electron chi connectivity index (χ2n) is 13.1. The summed E-state index contributed by atoms with van der Waals surface area (Å²) >= 11 is 1.84. The second-order valence-corrected chi connectivity index (χ2v) is 14.2. The molecule has 0 amide bonds. The van der Waals surface area contributed by atoms with Crippen LogP contribution in [0.15, 0.2) is 168 Å². The molecule has 0 spiro atoms. The van der Waals surface area contributed by atoms with Gasteiger partial charge in [0.2, 0.25) is 0 Å². The van der Waals surface area contributed by atoms with Crippen LogP contribution in [0.5, 0.6) is 0 Å². The number of benzene rings is 8. The minimum absolute atomic E-state index is 0.605. The summed E-state index contributed by atoms with van der Waals surface area (Å²) in [5, 5.41) is 9.21. The van der Waals surface area contributed by atoms with Crippen molar-refractivity contribution >= 4 is 75.0 Å². The van der Waals surface area contributed by atoms with Crippen LogP contribution < -0.4 is 0 Å². The highest BCUT2D eigenvalue weighted by Gasteiger charge is 2.20. The van der Waals surface area contributed by atoms with Crippen LogP contribution in [0.2, 0.25) is 0 Å². The Bertz CT molecular complexity index is 3200. The van der Waals surface area contributed by atoms with Crippen LogP contribution in [0.4, 0.5) is 0 Å². The quantitative estimate of drug-likeness (QED) is 0.174. The van der Waals surface area contributed by atoms with Crippen LogP contribution in [-0.4, -0.2) is 15.0 Å². The maximum absolute atomic E-state index is 6.62. The molecular weight excluding hydrogens is 655 g/mol. The molecule has 0 bridgehead atoms. The number of nitrogens with zero attached hydrogens (tertiary/aromatic N) is 3. The van der Waals surface area contributed by atoms with Crippen molar-refractivity contribution in [3.05, 3.63) is 164 Å². The Hall–Kier alpha value is -6.69. The van der Waals surface area contributed by atoms with Crippen LogP contribution in [0.25, 0.3) is 109 Å². The van der Waals surface area contributed by atoms with E-state index in [0.29, 0.717) is 17.5 Å². The summed E-state index contributed by atoms with van der Waals surface area (Å²) in [7, 11) is 0. The monoisotopic (exact) mass is 681 g/mol. The van der Waals surface area contributed by atoms with Gasteiger partial charge < -0.3 is 4.42 Å². The van der Waals surface area contributed by atoms with Crippen LogP contribution in [-0.2, 0) is 0 Å². The van der Waals surface area contributed by atoms with Gasteiger partial charge in [-0.15, -0.1) is 11.3 Å². The molecule has 0 aliphatic carbocycles. The third-order valence-electron chi connectivity index (χ3n) is 10.1. The van der Waals surface area contributed by atoms with Gasteiger partial charge in [0.1, 0.15) is 11.2 Å². The van der Waals surface area contributed by atoms with E-state index in [1.807, 2.05) is 53.8 Å². The van der Waals surface area contributed by atoms with Crippen molar-refractivity contribution in [2.75, 3.05) is 0 Å². The van der Waals surface area contributed by atoms with Crippen LogP contribution >= 0.6 is 11.3 Å². The Morgan fingerprint density at radius 3 is 1.94 bits per heavy atom. The zero-order valence-electron chi connectivity index (χ0n) is 27.7. The average molecular weight is 682 g/mol. The SMILES string of the molecule is c1ccc(-c2nc(-c3cc4ccccc4c4ccccc34)nc(-c3cccc4oc5cc(-c6cccc7c6sc6ccccc67)ccc5c34)n2)cc1. The number of aromatic nitrogens is 3. The van der Waals surface area contributed by atoms with Gasteiger partial charge in [-0.1, -0.05) is 133 Å². The third-order valence-corrected chi connectivity index (χ3v) is 11.3. The van der Waals surface area contributed by atoms with E-state index in [-0.39, 0.29) is 0 Å². The van der Waals surface area contributed by atoms with Crippen LogP contribution in [0.3, 0.4) is 0 Å². The first-order chi connectivity index (χ1) is 25.8. The normalized spacial score (nSPS) is 11.8. The van der Waals surface area contributed by atoms with Crippen molar-refractivity contribution in [1.82, 2.24) is 15.0 Å². The Labute approximate surface area is 302 Å². The zero-order chi connectivity index (χ0) is 34.2. The summed E-state index contributed by atoms with van der Waals surface area (Å²) in [4.78, 5) is 15.5. The molecular formula is C47H27N3OS. The van der Waals surface area contributed by atoms with Gasteiger partial charge in [0, 0.05) is 47.6 Å². The standard InChI is InChI=1S/C47H27N3OS/c1-2-12-28(13-3-1)45-48-46(50-47(49-45)39-26-29-14-4-5-15-31(29)33-16-6-7-17-34(33)39)38-21-11-22-40-43(38)37-25-24-30(27-41(37)51-40)32-19-10-20-36-35-18-8-9-23-42(35)52-44(32)36/h1-27H. The van der Waals surface area contributed by atoms with Gasteiger partial charge in [0.25, 0.3) is 0 Å². The first-order valence-corrected chi connectivity index (χ1v) is 18.2. The highest BCUT2D eigenvalue weighted by atomic mass is 32.1. The number of fused-ring (bicyclic) bond motifs is 9. The molecule has 0 aliphatic rings. The van der Waals surface area contributed by atoms with Crippen molar-refractivity contribution in [3.63, 3.8) is 0 Å². The molecule has 4 nitrogen and oxygen atoms in total. The number of thiophene rings is 1. The maximum Gasteiger partial charge on any atom is 0.164 e. The van der Waals surface area contributed by atoms with Crippen molar-refractivity contribution in [1.29, 1.82) is 0 Å². The molecule has 242 valence electrons.